The first-order valence-corrected chi connectivity index (χ1v) is 8.68. The topological polar surface area (TPSA) is 63.3 Å². The van der Waals surface area contributed by atoms with Crippen molar-refractivity contribution in [3.63, 3.8) is 0 Å². The van der Waals surface area contributed by atoms with Gasteiger partial charge in [0, 0.05) is 10.4 Å². The van der Waals surface area contributed by atoms with E-state index >= 15 is 0 Å². The molecule has 1 aliphatic carbocycles. The van der Waals surface area contributed by atoms with Crippen molar-refractivity contribution in [2.75, 3.05) is 5.73 Å². The maximum atomic E-state index is 11.6. The zero-order valence-corrected chi connectivity index (χ0v) is 13.4. The molecule has 0 spiro atoms. The third-order valence-corrected chi connectivity index (χ3v) is 5.69. The molecule has 1 aromatic heterocycles. The number of carboxylic acid groups (broad SMARTS) is 1. The summed E-state index contributed by atoms with van der Waals surface area (Å²) in [6.07, 6.45) is 7.29. The molecular formula is C18H21NO2S. The highest BCUT2D eigenvalue weighted by atomic mass is 32.1. The molecule has 0 aliphatic heterocycles. The molecule has 3 nitrogen and oxygen atoms in total. The van der Waals surface area contributed by atoms with Gasteiger partial charge in [-0.15, -0.1) is 11.3 Å². The van der Waals surface area contributed by atoms with Crippen LogP contribution in [0.15, 0.2) is 30.3 Å². The monoisotopic (exact) mass is 315 g/mol. The summed E-state index contributed by atoms with van der Waals surface area (Å²) in [5.74, 6) is -0.231. The lowest BCUT2D eigenvalue weighted by molar-refractivity contribution is 0.0703. The summed E-state index contributed by atoms with van der Waals surface area (Å²) in [5.41, 5.74) is 8.59. The van der Waals surface area contributed by atoms with Crippen LogP contribution in [0.2, 0.25) is 0 Å². The average Bonchev–Trinajstić information content (AvgIpc) is 2.86. The molecule has 22 heavy (non-hydrogen) atoms. The van der Waals surface area contributed by atoms with Crippen LogP contribution < -0.4 is 5.73 Å². The fourth-order valence-corrected chi connectivity index (χ4v) is 4.53. The molecule has 0 unspecified atom stereocenters. The number of anilines is 1. The van der Waals surface area contributed by atoms with E-state index in [1.54, 1.807) is 0 Å². The van der Waals surface area contributed by atoms with Crippen molar-refractivity contribution in [3.8, 4) is 11.1 Å². The van der Waals surface area contributed by atoms with Crippen LogP contribution in [-0.2, 0) is 6.42 Å². The number of rotatable bonds is 4. The molecule has 3 rings (SSSR count). The average molecular weight is 315 g/mol. The number of thiophene rings is 1. The molecule has 0 saturated heterocycles. The van der Waals surface area contributed by atoms with Gasteiger partial charge in [-0.05, 0) is 17.9 Å². The molecule has 1 aromatic carbocycles. The van der Waals surface area contributed by atoms with Crippen LogP contribution in [0.3, 0.4) is 0 Å². The summed E-state index contributed by atoms with van der Waals surface area (Å²) in [6, 6.07) is 9.61. The van der Waals surface area contributed by atoms with Gasteiger partial charge in [-0.25, -0.2) is 4.79 Å². The number of aromatic carboxylic acids is 1. The summed E-state index contributed by atoms with van der Waals surface area (Å²) < 4.78 is 0. The van der Waals surface area contributed by atoms with Gasteiger partial charge in [0.05, 0.1) is 5.69 Å². The zero-order chi connectivity index (χ0) is 15.5. The van der Waals surface area contributed by atoms with E-state index in [4.69, 9.17) is 5.73 Å². The molecule has 0 radical (unpaired) electrons. The number of benzene rings is 1. The van der Waals surface area contributed by atoms with Crippen molar-refractivity contribution < 1.29 is 9.90 Å². The van der Waals surface area contributed by atoms with Crippen LogP contribution in [0.1, 0.15) is 46.7 Å². The van der Waals surface area contributed by atoms with Gasteiger partial charge in [-0.2, -0.15) is 0 Å². The molecular weight excluding hydrogens is 294 g/mol. The third kappa shape index (κ3) is 3.02. The van der Waals surface area contributed by atoms with E-state index < -0.39 is 5.97 Å². The first kappa shape index (κ1) is 15.1. The molecule has 0 atom stereocenters. The lowest BCUT2D eigenvalue weighted by atomic mass is 9.86. The molecule has 116 valence electrons. The van der Waals surface area contributed by atoms with Crippen molar-refractivity contribution in [2.24, 2.45) is 5.92 Å². The van der Waals surface area contributed by atoms with E-state index in [1.807, 2.05) is 30.3 Å². The van der Waals surface area contributed by atoms with Crippen LogP contribution in [0.25, 0.3) is 11.1 Å². The van der Waals surface area contributed by atoms with Gasteiger partial charge in [-0.3, -0.25) is 0 Å². The second kappa shape index (κ2) is 6.53. The maximum Gasteiger partial charge on any atom is 0.346 e. The molecule has 4 heteroatoms. The van der Waals surface area contributed by atoms with E-state index in [1.165, 1.54) is 43.4 Å². The summed E-state index contributed by atoms with van der Waals surface area (Å²) in [6.45, 7) is 0. The molecule has 1 aliphatic rings. The summed E-state index contributed by atoms with van der Waals surface area (Å²) in [5, 5.41) is 9.53. The summed E-state index contributed by atoms with van der Waals surface area (Å²) >= 11 is 1.36. The first-order chi connectivity index (χ1) is 10.7. The highest BCUT2D eigenvalue weighted by molar-refractivity contribution is 7.15. The Labute approximate surface area is 134 Å². The first-order valence-electron chi connectivity index (χ1n) is 7.86. The minimum Gasteiger partial charge on any atom is -0.477 e. The Kier molecular flexibility index (Phi) is 4.48. The van der Waals surface area contributed by atoms with Gasteiger partial charge in [-0.1, -0.05) is 62.4 Å². The second-order valence-corrected chi connectivity index (χ2v) is 7.13. The minimum absolute atomic E-state index is 0.370. The molecule has 2 aromatic rings. The predicted molar refractivity (Wildman–Crippen MR) is 91.4 cm³/mol. The Morgan fingerprint density at radius 1 is 1.18 bits per heavy atom. The lowest BCUT2D eigenvalue weighted by Gasteiger charge is -2.21. The Hall–Kier alpha value is -1.81. The van der Waals surface area contributed by atoms with Crippen molar-refractivity contribution in [3.05, 3.63) is 40.1 Å². The third-order valence-electron chi connectivity index (χ3n) is 4.48. The SMILES string of the molecule is Nc1c(CC2CCCCC2)sc(C(=O)O)c1-c1ccccc1. The van der Waals surface area contributed by atoms with E-state index in [2.05, 4.69) is 0 Å². The van der Waals surface area contributed by atoms with E-state index in [0.717, 1.165) is 16.9 Å². The van der Waals surface area contributed by atoms with Gasteiger partial charge in [0.25, 0.3) is 0 Å². The number of carbonyl (C=O) groups is 1. The van der Waals surface area contributed by atoms with E-state index in [9.17, 15) is 9.90 Å². The fourth-order valence-electron chi connectivity index (χ4n) is 3.34. The van der Waals surface area contributed by atoms with Crippen molar-refractivity contribution in [1.29, 1.82) is 0 Å². The predicted octanol–water partition coefficient (Wildman–Crippen LogP) is 4.82. The van der Waals surface area contributed by atoms with Crippen LogP contribution >= 0.6 is 11.3 Å². The van der Waals surface area contributed by atoms with Gasteiger partial charge in [0.2, 0.25) is 0 Å². The quantitative estimate of drug-likeness (QED) is 0.850. The number of nitrogens with two attached hydrogens (primary N) is 1. The Bertz CT molecular complexity index is 657. The van der Waals surface area contributed by atoms with E-state index in [-0.39, 0.29) is 0 Å². The van der Waals surface area contributed by atoms with Crippen molar-refractivity contribution >= 4 is 23.0 Å². The Morgan fingerprint density at radius 3 is 2.50 bits per heavy atom. The largest absolute Gasteiger partial charge is 0.477 e. The normalized spacial score (nSPS) is 15.8. The Morgan fingerprint density at radius 2 is 1.86 bits per heavy atom. The van der Waals surface area contributed by atoms with Crippen LogP contribution in [0.5, 0.6) is 0 Å². The van der Waals surface area contributed by atoms with Crippen LogP contribution in [0.4, 0.5) is 5.69 Å². The van der Waals surface area contributed by atoms with Gasteiger partial charge in [0.1, 0.15) is 4.88 Å². The highest BCUT2D eigenvalue weighted by Gasteiger charge is 2.24. The van der Waals surface area contributed by atoms with E-state index in [0.29, 0.717) is 22.0 Å². The summed E-state index contributed by atoms with van der Waals surface area (Å²) in [4.78, 5) is 13.0. The summed E-state index contributed by atoms with van der Waals surface area (Å²) in [7, 11) is 0. The van der Waals surface area contributed by atoms with Gasteiger partial charge >= 0.3 is 5.97 Å². The molecule has 1 fully saturated rings. The van der Waals surface area contributed by atoms with Gasteiger partial charge < -0.3 is 10.8 Å². The maximum absolute atomic E-state index is 11.6. The number of nitrogen functional groups attached to an aromatic ring is 1. The van der Waals surface area contributed by atoms with Crippen molar-refractivity contribution in [1.82, 2.24) is 0 Å². The molecule has 1 saturated carbocycles. The molecule has 0 bridgehead atoms. The standard InChI is InChI=1S/C18H21NO2S/c19-16-14(11-12-7-3-1-4-8-12)22-17(18(20)21)15(16)13-9-5-2-6-10-13/h2,5-6,9-10,12H,1,3-4,7-8,11,19H2,(H,20,21). The fraction of sp³-hybridized carbons (Fsp3) is 0.389. The Balaban J connectivity index is 1.97. The molecule has 3 N–H and O–H groups in total. The highest BCUT2D eigenvalue weighted by Crippen LogP contribution is 2.41. The minimum atomic E-state index is -0.884. The number of hydrogen-bond acceptors (Lipinski definition) is 3. The van der Waals surface area contributed by atoms with Gasteiger partial charge in [0.15, 0.2) is 0 Å². The lowest BCUT2D eigenvalue weighted by Crippen LogP contribution is -2.09. The number of carboxylic acids is 1. The molecule has 1 heterocycles. The van der Waals surface area contributed by atoms with Crippen LogP contribution in [-0.4, -0.2) is 11.1 Å². The van der Waals surface area contributed by atoms with Crippen LogP contribution in [0, 0.1) is 5.92 Å². The smallest absolute Gasteiger partial charge is 0.346 e. The number of hydrogen-bond donors (Lipinski definition) is 2. The zero-order valence-electron chi connectivity index (χ0n) is 12.5. The molecule has 0 amide bonds. The van der Waals surface area contributed by atoms with Crippen molar-refractivity contribution in [2.45, 2.75) is 38.5 Å². The second-order valence-electron chi connectivity index (χ2n) is 6.02.